The molecule has 1 saturated carbocycles. The summed E-state index contributed by atoms with van der Waals surface area (Å²) >= 11 is 0. The summed E-state index contributed by atoms with van der Waals surface area (Å²) < 4.78 is 0. The van der Waals surface area contributed by atoms with Gasteiger partial charge in [0, 0.05) is 50.6 Å². The smallest absolute Gasteiger partial charge is 0.253 e. The predicted molar refractivity (Wildman–Crippen MR) is 95.0 cm³/mol. The van der Waals surface area contributed by atoms with Crippen LogP contribution in [0.15, 0.2) is 24.5 Å². The Balaban J connectivity index is 1.39. The van der Waals surface area contributed by atoms with Crippen molar-refractivity contribution >= 4 is 11.8 Å². The zero-order valence-electron chi connectivity index (χ0n) is 14.8. The Kier molecular flexibility index (Phi) is 4.48. The molecule has 2 aliphatic heterocycles. The van der Waals surface area contributed by atoms with Crippen LogP contribution in [0.2, 0.25) is 0 Å². The minimum absolute atomic E-state index is 0.113. The normalized spacial score (nSPS) is 24.6. The van der Waals surface area contributed by atoms with Crippen molar-refractivity contribution in [2.45, 2.75) is 44.9 Å². The molecular formula is C20H27N3O2. The monoisotopic (exact) mass is 341 g/mol. The van der Waals surface area contributed by atoms with E-state index in [1.165, 1.54) is 19.3 Å². The number of rotatable bonds is 4. The number of carbonyl (C=O) groups is 2. The quantitative estimate of drug-likeness (QED) is 0.846. The molecule has 3 heterocycles. The van der Waals surface area contributed by atoms with E-state index < -0.39 is 0 Å². The largest absolute Gasteiger partial charge is 0.343 e. The maximum Gasteiger partial charge on any atom is 0.253 e. The van der Waals surface area contributed by atoms with Gasteiger partial charge in [0.1, 0.15) is 0 Å². The van der Waals surface area contributed by atoms with Crippen molar-refractivity contribution in [1.29, 1.82) is 0 Å². The second-order valence-electron chi connectivity index (χ2n) is 7.96. The van der Waals surface area contributed by atoms with Gasteiger partial charge in [-0.25, -0.2) is 0 Å². The summed E-state index contributed by atoms with van der Waals surface area (Å²) in [6, 6.07) is 3.58. The van der Waals surface area contributed by atoms with Gasteiger partial charge in [0.15, 0.2) is 0 Å². The van der Waals surface area contributed by atoms with E-state index in [9.17, 15) is 9.59 Å². The molecular weight excluding hydrogens is 314 g/mol. The van der Waals surface area contributed by atoms with Crippen molar-refractivity contribution in [2.24, 2.45) is 11.3 Å². The van der Waals surface area contributed by atoms with Crippen molar-refractivity contribution in [2.75, 3.05) is 26.2 Å². The van der Waals surface area contributed by atoms with E-state index in [0.29, 0.717) is 18.2 Å². The van der Waals surface area contributed by atoms with Gasteiger partial charge in [0.2, 0.25) is 5.91 Å². The van der Waals surface area contributed by atoms with E-state index in [1.807, 2.05) is 9.80 Å². The highest BCUT2D eigenvalue weighted by atomic mass is 16.2. The van der Waals surface area contributed by atoms with E-state index in [1.54, 1.807) is 24.5 Å². The van der Waals surface area contributed by atoms with Crippen LogP contribution >= 0.6 is 0 Å². The Labute approximate surface area is 149 Å². The maximum absolute atomic E-state index is 12.8. The van der Waals surface area contributed by atoms with Gasteiger partial charge in [-0.2, -0.15) is 0 Å². The molecule has 1 aromatic rings. The van der Waals surface area contributed by atoms with Gasteiger partial charge in [0.05, 0.1) is 0 Å². The number of aromatic nitrogens is 1. The highest BCUT2D eigenvalue weighted by molar-refractivity contribution is 5.94. The van der Waals surface area contributed by atoms with Gasteiger partial charge in [-0.15, -0.1) is 0 Å². The Bertz CT molecular complexity index is 636. The summed E-state index contributed by atoms with van der Waals surface area (Å²) in [5, 5.41) is 0. The Hall–Kier alpha value is -1.91. The molecule has 1 aliphatic carbocycles. The Morgan fingerprint density at radius 1 is 1.08 bits per heavy atom. The zero-order chi connectivity index (χ0) is 17.3. The zero-order valence-corrected chi connectivity index (χ0v) is 14.8. The number of pyridine rings is 1. The molecule has 1 aromatic heterocycles. The van der Waals surface area contributed by atoms with E-state index in [4.69, 9.17) is 0 Å². The van der Waals surface area contributed by atoms with Crippen molar-refractivity contribution < 1.29 is 9.59 Å². The fourth-order valence-corrected chi connectivity index (χ4v) is 4.88. The summed E-state index contributed by atoms with van der Waals surface area (Å²) in [6.45, 7) is 3.52. The molecule has 5 heteroatoms. The summed E-state index contributed by atoms with van der Waals surface area (Å²) in [5.41, 5.74) is 0.992. The van der Waals surface area contributed by atoms with E-state index in [-0.39, 0.29) is 11.3 Å². The van der Waals surface area contributed by atoms with E-state index in [2.05, 4.69) is 4.98 Å². The lowest BCUT2D eigenvalue weighted by Gasteiger charge is -2.43. The summed E-state index contributed by atoms with van der Waals surface area (Å²) in [4.78, 5) is 33.2. The van der Waals surface area contributed by atoms with Crippen LogP contribution in [-0.4, -0.2) is 52.8 Å². The molecule has 2 amide bonds. The molecule has 25 heavy (non-hydrogen) atoms. The van der Waals surface area contributed by atoms with Crippen LogP contribution in [0.1, 0.15) is 55.3 Å². The first-order chi connectivity index (χ1) is 12.2. The number of hydrogen-bond acceptors (Lipinski definition) is 3. The van der Waals surface area contributed by atoms with Crippen LogP contribution in [-0.2, 0) is 4.79 Å². The van der Waals surface area contributed by atoms with E-state index >= 15 is 0 Å². The highest BCUT2D eigenvalue weighted by Gasteiger charge is 2.51. The summed E-state index contributed by atoms with van der Waals surface area (Å²) in [5.74, 6) is 0.895. The molecule has 0 radical (unpaired) electrons. The van der Waals surface area contributed by atoms with E-state index in [0.717, 1.165) is 51.0 Å². The average molecular weight is 341 g/mol. The number of carbonyl (C=O) groups excluding carboxylic acids is 2. The van der Waals surface area contributed by atoms with Crippen molar-refractivity contribution in [3.63, 3.8) is 0 Å². The SMILES string of the molecule is O=C(CCC1CN(C(=O)c2ccncc2)CC12CCC2)N1CCCC1. The molecule has 134 valence electrons. The van der Waals surface area contributed by atoms with Crippen molar-refractivity contribution in [3.8, 4) is 0 Å². The lowest BCUT2D eigenvalue weighted by molar-refractivity contribution is -0.130. The lowest BCUT2D eigenvalue weighted by Crippen LogP contribution is -2.39. The molecule has 1 unspecified atom stereocenters. The van der Waals surface area contributed by atoms with Crippen LogP contribution in [0.4, 0.5) is 0 Å². The molecule has 5 nitrogen and oxygen atoms in total. The van der Waals surface area contributed by atoms with Gasteiger partial charge in [-0.1, -0.05) is 6.42 Å². The van der Waals surface area contributed by atoms with Gasteiger partial charge in [-0.05, 0) is 55.6 Å². The molecule has 0 aromatic carbocycles. The fourth-order valence-electron chi connectivity index (χ4n) is 4.88. The minimum Gasteiger partial charge on any atom is -0.343 e. The minimum atomic E-state index is 0.113. The van der Waals surface area contributed by atoms with Crippen LogP contribution in [0, 0.1) is 11.3 Å². The highest BCUT2D eigenvalue weighted by Crippen LogP contribution is 2.53. The van der Waals surface area contributed by atoms with Gasteiger partial charge >= 0.3 is 0 Å². The second kappa shape index (κ2) is 6.77. The third-order valence-corrected chi connectivity index (χ3v) is 6.54. The molecule has 3 aliphatic rings. The Morgan fingerprint density at radius 3 is 2.44 bits per heavy atom. The number of likely N-dealkylation sites (tertiary alicyclic amines) is 2. The molecule has 1 spiro atoms. The third-order valence-electron chi connectivity index (χ3n) is 6.54. The van der Waals surface area contributed by atoms with Crippen LogP contribution in [0.3, 0.4) is 0 Å². The average Bonchev–Trinajstić information content (AvgIpc) is 3.27. The first-order valence-electron chi connectivity index (χ1n) is 9.65. The number of nitrogens with zero attached hydrogens (tertiary/aromatic N) is 3. The number of hydrogen-bond donors (Lipinski definition) is 0. The van der Waals surface area contributed by atoms with Gasteiger partial charge in [-0.3, -0.25) is 14.6 Å². The first kappa shape index (κ1) is 16.6. The van der Waals surface area contributed by atoms with Crippen molar-refractivity contribution in [3.05, 3.63) is 30.1 Å². The Morgan fingerprint density at radius 2 is 1.80 bits per heavy atom. The van der Waals surface area contributed by atoms with Crippen LogP contribution in [0.5, 0.6) is 0 Å². The fraction of sp³-hybridized carbons (Fsp3) is 0.650. The van der Waals surface area contributed by atoms with Gasteiger partial charge < -0.3 is 9.80 Å². The molecule has 1 atom stereocenters. The molecule has 0 N–H and O–H groups in total. The standard InChI is InChI=1S/C20H27N3O2/c24-18(22-12-1-2-13-22)5-4-17-14-23(15-20(17)8-3-9-20)19(25)16-6-10-21-11-7-16/h6-7,10-11,17H,1-5,8-9,12-15H2. The number of amides is 2. The first-order valence-corrected chi connectivity index (χ1v) is 9.65. The van der Waals surface area contributed by atoms with Gasteiger partial charge in [0.25, 0.3) is 5.91 Å². The predicted octanol–water partition coefficient (Wildman–Crippen LogP) is 2.73. The molecule has 2 saturated heterocycles. The summed E-state index contributed by atoms with van der Waals surface area (Å²) in [6.07, 6.45) is 10.9. The van der Waals surface area contributed by atoms with Crippen LogP contribution in [0.25, 0.3) is 0 Å². The topological polar surface area (TPSA) is 53.5 Å². The third kappa shape index (κ3) is 3.16. The van der Waals surface area contributed by atoms with Crippen molar-refractivity contribution in [1.82, 2.24) is 14.8 Å². The molecule has 3 fully saturated rings. The lowest BCUT2D eigenvalue weighted by atomic mass is 9.62. The second-order valence-corrected chi connectivity index (χ2v) is 7.96. The molecule has 0 bridgehead atoms. The molecule has 4 rings (SSSR count). The maximum atomic E-state index is 12.8. The van der Waals surface area contributed by atoms with Crippen LogP contribution < -0.4 is 0 Å². The summed E-state index contributed by atoms with van der Waals surface area (Å²) in [7, 11) is 0.